The molecule has 0 radical (unpaired) electrons. The van der Waals surface area contributed by atoms with Crippen molar-refractivity contribution in [3.63, 3.8) is 0 Å². The van der Waals surface area contributed by atoms with Crippen molar-refractivity contribution in [2.75, 3.05) is 13.2 Å². The molecular weight excluding hydrogens is 335 g/mol. The fourth-order valence-corrected chi connectivity index (χ4v) is 2.84. The van der Waals surface area contributed by atoms with Crippen molar-refractivity contribution in [2.45, 2.75) is 18.6 Å². The van der Waals surface area contributed by atoms with E-state index in [2.05, 4.69) is 15.3 Å². The van der Waals surface area contributed by atoms with Gasteiger partial charge in [-0.15, -0.1) is 0 Å². The van der Waals surface area contributed by atoms with E-state index in [1.165, 1.54) is 6.07 Å². The maximum Gasteiger partial charge on any atom is 0.434 e. The van der Waals surface area contributed by atoms with E-state index in [4.69, 9.17) is 4.74 Å². The van der Waals surface area contributed by atoms with Crippen molar-refractivity contribution in [2.24, 2.45) is 5.92 Å². The minimum absolute atomic E-state index is 0.0163. The molecule has 3 rings (SSSR count). The lowest BCUT2D eigenvalue weighted by atomic mass is 9.95. The summed E-state index contributed by atoms with van der Waals surface area (Å²) in [6.45, 7) is 0.704. The van der Waals surface area contributed by atoms with Gasteiger partial charge in [0.05, 0.1) is 24.8 Å². The van der Waals surface area contributed by atoms with Gasteiger partial charge >= 0.3 is 6.18 Å². The number of nitrogens with one attached hydrogen (secondary N) is 1. The molecule has 2 aromatic heterocycles. The summed E-state index contributed by atoms with van der Waals surface area (Å²) >= 11 is 0. The van der Waals surface area contributed by atoms with Crippen molar-refractivity contribution in [1.29, 1.82) is 0 Å². The number of pyridine rings is 2. The highest BCUT2D eigenvalue weighted by atomic mass is 19.4. The van der Waals surface area contributed by atoms with Crippen LogP contribution in [0.4, 0.5) is 13.2 Å². The minimum atomic E-state index is -4.68. The quantitative estimate of drug-likeness (QED) is 0.919. The number of nitrogens with zero attached hydrogens (tertiary/aromatic N) is 2. The van der Waals surface area contributed by atoms with Crippen molar-refractivity contribution in [3.05, 3.63) is 59.7 Å². The van der Waals surface area contributed by atoms with E-state index in [1.807, 2.05) is 12.1 Å². The van der Waals surface area contributed by atoms with E-state index in [0.717, 1.165) is 17.8 Å². The first-order valence-corrected chi connectivity index (χ1v) is 7.75. The second-order valence-corrected chi connectivity index (χ2v) is 5.83. The fraction of sp³-hybridized carbons (Fsp3) is 0.353. The SMILES string of the molecule is O=C(N[C@@H]1COC[C@H]1Cc1ccncc1)c1cccnc1C(F)(F)F. The summed E-state index contributed by atoms with van der Waals surface area (Å²) < 4.78 is 44.4. The van der Waals surface area contributed by atoms with Crippen molar-refractivity contribution < 1.29 is 22.7 Å². The third kappa shape index (κ3) is 4.14. The lowest BCUT2D eigenvalue weighted by Gasteiger charge is -2.20. The van der Waals surface area contributed by atoms with Gasteiger partial charge in [-0.25, -0.2) is 0 Å². The second kappa shape index (κ2) is 7.18. The Hall–Kier alpha value is -2.48. The summed E-state index contributed by atoms with van der Waals surface area (Å²) in [5, 5.41) is 2.66. The van der Waals surface area contributed by atoms with Gasteiger partial charge in [-0.1, -0.05) is 0 Å². The Labute approximate surface area is 142 Å². The first-order chi connectivity index (χ1) is 11.9. The molecule has 1 fully saturated rings. The van der Waals surface area contributed by atoms with Crippen molar-refractivity contribution >= 4 is 5.91 Å². The van der Waals surface area contributed by atoms with Crippen LogP contribution >= 0.6 is 0 Å². The first kappa shape index (κ1) is 17.3. The minimum Gasteiger partial charge on any atom is -0.379 e. The maximum atomic E-state index is 13.0. The molecule has 1 aliphatic heterocycles. The molecule has 1 aliphatic rings. The molecule has 8 heteroatoms. The Morgan fingerprint density at radius 2 is 1.96 bits per heavy atom. The monoisotopic (exact) mass is 351 g/mol. The fourth-order valence-electron chi connectivity index (χ4n) is 2.84. The van der Waals surface area contributed by atoms with Gasteiger partial charge in [-0.3, -0.25) is 14.8 Å². The largest absolute Gasteiger partial charge is 0.434 e. The average Bonchev–Trinajstić information content (AvgIpc) is 3.02. The molecule has 0 bridgehead atoms. The number of halogens is 3. The predicted octanol–water partition coefficient (Wildman–Crippen LogP) is 2.48. The van der Waals surface area contributed by atoms with Gasteiger partial charge in [0.1, 0.15) is 0 Å². The van der Waals surface area contributed by atoms with E-state index in [9.17, 15) is 18.0 Å². The Kier molecular flexibility index (Phi) is 4.98. The number of amides is 1. The van der Waals surface area contributed by atoms with Gasteiger partial charge < -0.3 is 10.1 Å². The van der Waals surface area contributed by atoms with Crippen LogP contribution in [0.25, 0.3) is 0 Å². The van der Waals surface area contributed by atoms with Crippen LogP contribution in [-0.2, 0) is 17.3 Å². The molecule has 0 spiro atoms. The van der Waals surface area contributed by atoms with Gasteiger partial charge in [0.25, 0.3) is 5.91 Å². The molecule has 1 saturated heterocycles. The standard InChI is InChI=1S/C17H16F3N3O2/c18-17(19,20)15-13(2-1-5-22-15)16(24)23-14-10-25-9-12(14)8-11-3-6-21-7-4-11/h1-7,12,14H,8-10H2,(H,23,24)/t12-,14-/m1/s1. The zero-order valence-electron chi connectivity index (χ0n) is 13.2. The lowest BCUT2D eigenvalue weighted by Crippen LogP contribution is -2.41. The van der Waals surface area contributed by atoms with Crippen LogP contribution in [0.3, 0.4) is 0 Å². The molecule has 2 aromatic rings. The van der Waals surface area contributed by atoms with E-state index in [1.54, 1.807) is 12.4 Å². The molecule has 0 aromatic carbocycles. The zero-order chi connectivity index (χ0) is 17.9. The Balaban J connectivity index is 1.72. The van der Waals surface area contributed by atoms with E-state index in [-0.39, 0.29) is 18.6 Å². The summed E-state index contributed by atoms with van der Waals surface area (Å²) in [6.07, 6.45) is 0.321. The summed E-state index contributed by atoms with van der Waals surface area (Å²) in [5.41, 5.74) is -0.635. The number of carbonyl (C=O) groups is 1. The van der Waals surface area contributed by atoms with Gasteiger partial charge in [-0.05, 0) is 36.2 Å². The Morgan fingerprint density at radius 1 is 1.20 bits per heavy atom. The number of alkyl halides is 3. The smallest absolute Gasteiger partial charge is 0.379 e. The second-order valence-electron chi connectivity index (χ2n) is 5.83. The third-order valence-corrected chi connectivity index (χ3v) is 4.08. The van der Waals surface area contributed by atoms with Crippen LogP contribution in [0, 0.1) is 5.92 Å². The highest BCUT2D eigenvalue weighted by molar-refractivity contribution is 5.95. The van der Waals surface area contributed by atoms with E-state index >= 15 is 0 Å². The molecule has 0 saturated carbocycles. The first-order valence-electron chi connectivity index (χ1n) is 7.75. The van der Waals surface area contributed by atoms with Crippen LogP contribution in [0.1, 0.15) is 21.6 Å². The molecule has 132 valence electrons. The molecule has 1 amide bonds. The predicted molar refractivity (Wildman–Crippen MR) is 82.7 cm³/mol. The summed E-state index contributed by atoms with van der Waals surface area (Å²) in [6, 6.07) is 5.80. The molecular formula is C17H16F3N3O2. The molecule has 1 N–H and O–H groups in total. The average molecular weight is 351 g/mol. The van der Waals surface area contributed by atoms with Gasteiger partial charge in [0.2, 0.25) is 0 Å². The number of hydrogen-bond acceptors (Lipinski definition) is 4. The lowest BCUT2D eigenvalue weighted by molar-refractivity contribution is -0.141. The number of ether oxygens (including phenoxy) is 1. The topological polar surface area (TPSA) is 64.1 Å². The number of carbonyl (C=O) groups excluding carboxylic acids is 1. The third-order valence-electron chi connectivity index (χ3n) is 4.08. The summed E-state index contributed by atoms with van der Waals surface area (Å²) in [7, 11) is 0. The van der Waals surface area contributed by atoms with Gasteiger partial charge in [0, 0.05) is 24.5 Å². The summed E-state index contributed by atoms with van der Waals surface area (Å²) in [5.74, 6) is -0.812. The highest BCUT2D eigenvalue weighted by Gasteiger charge is 2.38. The maximum absolute atomic E-state index is 13.0. The zero-order valence-corrected chi connectivity index (χ0v) is 13.2. The van der Waals surface area contributed by atoms with E-state index in [0.29, 0.717) is 13.0 Å². The molecule has 25 heavy (non-hydrogen) atoms. The molecule has 0 unspecified atom stereocenters. The van der Waals surface area contributed by atoms with Crippen LogP contribution in [-0.4, -0.2) is 35.1 Å². The normalized spacial score (nSPS) is 20.4. The Bertz CT molecular complexity index is 737. The summed E-state index contributed by atoms with van der Waals surface area (Å²) in [4.78, 5) is 19.6. The van der Waals surface area contributed by atoms with Crippen LogP contribution in [0.2, 0.25) is 0 Å². The molecule has 0 aliphatic carbocycles. The van der Waals surface area contributed by atoms with E-state index < -0.39 is 23.3 Å². The number of aromatic nitrogens is 2. The Morgan fingerprint density at radius 3 is 2.68 bits per heavy atom. The van der Waals surface area contributed by atoms with Crippen LogP contribution < -0.4 is 5.32 Å². The van der Waals surface area contributed by atoms with Crippen molar-refractivity contribution in [1.82, 2.24) is 15.3 Å². The molecule has 3 heterocycles. The number of hydrogen-bond donors (Lipinski definition) is 1. The van der Waals surface area contributed by atoms with Crippen LogP contribution in [0.15, 0.2) is 42.9 Å². The van der Waals surface area contributed by atoms with Gasteiger partial charge in [-0.2, -0.15) is 13.2 Å². The van der Waals surface area contributed by atoms with Gasteiger partial charge in [0.15, 0.2) is 5.69 Å². The van der Waals surface area contributed by atoms with Crippen molar-refractivity contribution in [3.8, 4) is 0 Å². The van der Waals surface area contributed by atoms with Crippen LogP contribution in [0.5, 0.6) is 0 Å². The molecule has 2 atom stereocenters. The highest BCUT2D eigenvalue weighted by Crippen LogP contribution is 2.30. The number of rotatable bonds is 4. The molecule has 5 nitrogen and oxygen atoms in total.